The molecule has 3 heterocycles. The van der Waals surface area contributed by atoms with Gasteiger partial charge in [0, 0.05) is 0 Å². The van der Waals surface area contributed by atoms with Crippen molar-refractivity contribution in [3.05, 3.63) is 25.3 Å². The highest BCUT2D eigenvalue weighted by atomic mass is 16.5. The molecule has 0 saturated carbocycles. The molecule has 2 aromatic heterocycles. The smallest absolute Gasteiger partial charge is 0.234 e. The van der Waals surface area contributed by atoms with Gasteiger partial charge in [-0.1, -0.05) is 6.08 Å². The molecule has 11 heteroatoms. The molecule has 2 aromatic rings. The number of amides is 1. The Morgan fingerprint density at radius 3 is 2.92 bits per heavy atom. The SMILES string of the molecule is C=C[C@@H]1O[C@H](Nc2ncnc3nc[nH]c23)[C@@H](O)[C@H](O)[C@H]1NC(=O)CNC. The lowest BCUT2D eigenvalue weighted by Crippen LogP contribution is -2.65. The maximum atomic E-state index is 11.8. The Labute approximate surface area is 148 Å². The van der Waals surface area contributed by atoms with Crippen molar-refractivity contribution >= 4 is 22.9 Å². The second kappa shape index (κ2) is 7.74. The predicted molar refractivity (Wildman–Crippen MR) is 92.0 cm³/mol. The van der Waals surface area contributed by atoms with E-state index in [1.54, 1.807) is 7.05 Å². The van der Waals surface area contributed by atoms with E-state index in [-0.39, 0.29) is 12.5 Å². The number of rotatable bonds is 6. The van der Waals surface area contributed by atoms with Crippen LogP contribution in [0.5, 0.6) is 0 Å². The molecule has 0 aliphatic carbocycles. The molecule has 1 fully saturated rings. The summed E-state index contributed by atoms with van der Waals surface area (Å²) in [5.41, 5.74) is 0.989. The van der Waals surface area contributed by atoms with Crippen LogP contribution in [0.4, 0.5) is 5.82 Å². The maximum Gasteiger partial charge on any atom is 0.234 e. The van der Waals surface area contributed by atoms with Gasteiger partial charge >= 0.3 is 0 Å². The number of aromatic amines is 1. The molecule has 0 aromatic carbocycles. The van der Waals surface area contributed by atoms with Gasteiger partial charge in [-0.3, -0.25) is 4.79 Å². The van der Waals surface area contributed by atoms with E-state index >= 15 is 0 Å². The first-order chi connectivity index (χ1) is 12.5. The van der Waals surface area contributed by atoms with Crippen LogP contribution in [-0.2, 0) is 9.53 Å². The quantitative estimate of drug-likeness (QED) is 0.323. The maximum absolute atomic E-state index is 11.8. The molecule has 1 aliphatic rings. The summed E-state index contributed by atoms with van der Waals surface area (Å²) in [5.74, 6) is 0.0322. The number of hydrogen-bond donors (Lipinski definition) is 6. The normalized spacial score (nSPS) is 28.7. The summed E-state index contributed by atoms with van der Waals surface area (Å²) in [6, 6.07) is -0.834. The van der Waals surface area contributed by atoms with Gasteiger partial charge in [-0.05, 0) is 7.05 Å². The van der Waals surface area contributed by atoms with E-state index in [4.69, 9.17) is 4.74 Å². The lowest BCUT2D eigenvalue weighted by molar-refractivity contribution is -0.165. The van der Waals surface area contributed by atoms with Crippen molar-refractivity contribution < 1.29 is 19.7 Å². The van der Waals surface area contributed by atoms with Gasteiger partial charge in [-0.2, -0.15) is 0 Å². The summed E-state index contributed by atoms with van der Waals surface area (Å²) in [5, 5.41) is 29.2. The molecule has 0 bridgehead atoms. The van der Waals surface area contributed by atoms with E-state index in [1.807, 2.05) is 0 Å². The second-order valence-electron chi connectivity index (χ2n) is 5.83. The molecule has 6 N–H and O–H groups in total. The Bertz CT molecular complexity index is 782. The van der Waals surface area contributed by atoms with Crippen LogP contribution >= 0.6 is 0 Å². The molecule has 1 amide bonds. The van der Waals surface area contributed by atoms with Gasteiger partial charge < -0.3 is 35.9 Å². The minimum absolute atomic E-state index is 0.0730. The zero-order chi connectivity index (χ0) is 18.7. The van der Waals surface area contributed by atoms with Crippen LogP contribution in [0, 0.1) is 0 Å². The molecule has 0 radical (unpaired) electrons. The number of nitrogens with zero attached hydrogens (tertiary/aromatic N) is 3. The molecule has 3 rings (SSSR count). The third-order valence-electron chi connectivity index (χ3n) is 4.08. The largest absolute Gasteiger partial charge is 0.388 e. The number of ether oxygens (including phenoxy) is 1. The number of anilines is 1. The number of carbonyl (C=O) groups is 1. The van der Waals surface area contributed by atoms with Gasteiger partial charge in [0.15, 0.2) is 17.7 Å². The van der Waals surface area contributed by atoms with Crippen molar-refractivity contribution in [1.82, 2.24) is 30.6 Å². The Hall–Kier alpha value is -2.60. The summed E-state index contributed by atoms with van der Waals surface area (Å²) in [6.07, 6.45) is -0.0407. The third-order valence-corrected chi connectivity index (χ3v) is 4.08. The summed E-state index contributed by atoms with van der Waals surface area (Å²) in [6.45, 7) is 3.75. The average Bonchev–Trinajstić information content (AvgIpc) is 3.11. The van der Waals surface area contributed by atoms with E-state index in [1.165, 1.54) is 18.7 Å². The Morgan fingerprint density at radius 2 is 2.19 bits per heavy atom. The van der Waals surface area contributed by atoms with E-state index in [9.17, 15) is 15.0 Å². The Kier molecular flexibility index (Phi) is 5.42. The van der Waals surface area contributed by atoms with Crippen LogP contribution in [0.15, 0.2) is 25.3 Å². The molecule has 0 spiro atoms. The van der Waals surface area contributed by atoms with Gasteiger partial charge in [0.25, 0.3) is 0 Å². The van der Waals surface area contributed by atoms with Crippen LogP contribution in [0.1, 0.15) is 0 Å². The van der Waals surface area contributed by atoms with Gasteiger partial charge in [-0.25, -0.2) is 15.0 Å². The van der Waals surface area contributed by atoms with Crippen molar-refractivity contribution in [2.45, 2.75) is 30.6 Å². The first-order valence-corrected chi connectivity index (χ1v) is 8.04. The summed E-state index contributed by atoms with van der Waals surface area (Å²) < 4.78 is 5.77. The highest BCUT2D eigenvalue weighted by Crippen LogP contribution is 2.24. The van der Waals surface area contributed by atoms with Crippen LogP contribution in [-0.4, -0.2) is 80.2 Å². The van der Waals surface area contributed by atoms with Crippen molar-refractivity contribution in [3.63, 3.8) is 0 Å². The van der Waals surface area contributed by atoms with E-state index < -0.39 is 30.6 Å². The van der Waals surface area contributed by atoms with Crippen LogP contribution in [0.3, 0.4) is 0 Å². The molecular formula is C15H21N7O4. The second-order valence-corrected chi connectivity index (χ2v) is 5.83. The number of fused-ring (bicyclic) bond motifs is 1. The molecule has 26 heavy (non-hydrogen) atoms. The van der Waals surface area contributed by atoms with Gasteiger partial charge in [0.2, 0.25) is 5.91 Å². The summed E-state index contributed by atoms with van der Waals surface area (Å²) >= 11 is 0. The number of imidazole rings is 1. The molecule has 0 unspecified atom stereocenters. The molecule has 11 nitrogen and oxygen atoms in total. The molecule has 5 atom stereocenters. The summed E-state index contributed by atoms with van der Waals surface area (Å²) in [4.78, 5) is 26.9. The Morgan fingerprint density at radius 1 is 1.38 bits per heavy atom. The third kappa shape index (κ3) is 3.51. The van der Waals surface area contributed by atoms with E-state index in [2.05, 4.69) is 42.5 Å². The van der Waals surface area contributed by atoms with Crippen molar-refractivity contribution in [2.75, 3.05) is 18.9 Å². The van der Waals surface area contributed by atoms with Crippen LogP contribution in [0.25, 0.3) is 11.2 Å². The fraction of sp³-hybridized carbons (Fsp3) is 0.467. The predicted octanol–water partition coefficient (Wildman–Crippen LogP) is -1.90. The van der Waals surface area contributed by atoms with E-state index in [0.717, 1.165) is 0 Å². The number of H-pyrrole nitrogens is 1. The molecule has 1 saturated heterocycles. The fourth-order valence-corrected chi connectivity index (χ4v) is 2.82. The average molecular weight is 363 g/mol. The number of aliphatic hydroxyl groups is 2. The lowest BCUT2D eigenvalue weighted by Gasteiger charge is -2.42. The highest BCUT2D eigenvalue weighted by Gasteiger charge is 2.44. The summed E-state index contributed by atoms with van der Waals surface area (Å²) in [7, 11) is 1.63. The number of nitrogens with one attached hydrogen (secondary N) is 4. The van der Waals surface area contributed by atoms with Crippen LogP contribution < -0.4 is 16.0 Å². The van der Waals surface area contributed by atoms with Crippen molar-refractivity contribution in [3.8, 4) is 0 Å². The first-order valence-electron chi connectivity index (χ1n) is 8.04. The number of carbonyl (C=O) groups excluding carboxylic acids is 1. The zero-order valence-electron chi connectivity index (χ0n) is 14.1. The first kappa shape index (κ1) is 18.2. The zero-order valence-corrected chi connectivity index (χ0v) is 14.1. The van der Waals surface area contributed by atoms with Crippen molar-refractivity contribution in [2.24, 2.45) is 0 Å². The topological polar surface area (TPSA) is 157 Å². The molecule has 1 aliphatic heterocycles. The highest BCUT2D eigenvalue weighted by molar-refractivity contribution is 5.82. The van der Waals surface area contributed by atoms with E-state index in [0.29, 0.717) is 17.0 Å². The van der Waals surface area contributed by atoms with Gasteiger partial charge in [0.1, 0.15) is 30.2 Å². The van der Waals surface area contributed by atoms with Gasteiger partial charge in [-0.15, -0.1) is 6.58 Å². The number of aromatic nitrogens is 4. The molecule has 140 valence electrons. The fourth-order valence-electron chi connectivity index (χ4n) is 2.82. The van der Waals surface area contributed by atoms with Crippen LogP contribution in [0.2, 0.25) is 0 Å². The number of likely N-dealkylation sites (N-methyl/N-ethyl adjacent to an activating group) is 1. The lowest BCUT2D eigenvalue weighted by atomic mass is 9.95. The Balaban J connectivity index is 1.77. The number of hydrogen-bond acceptors (Lipinski definition) is 9. The van der Waals surface area contributed by atoms with Gasteiger partial charge in [0.05, 0.1) is 18.9 Å². The molecular weight excluding hydrogens is 342 g/mol. The minimum atomic E-state index is -1.32. The minimum Gasteiger partial charge on any atom is -0.388 e. The standard InChI is InChI=1S/C15H21N7O4/c1-3-7-9(21-8(23)4-16-2)11(24)12(25)15(26-7)22-14-10-13(18-5-17-10)19-6-20-14/h3,5-7,9,11-12,15-16,24-25H,1,4H2,2H3,(H,21,23)(H2,17,18,19,20,22)/t7-,9-,11+,12-,15-/m0/s1. The monoisotopic (exact) mass is 363 g/mol. The number of aliphatic hydroxyl groups excluding tert-OH is 2. The van der Waals surface area contributed by atoms with Crippen molar-refractivity contribution in [1.29, 1.82) is 0 Å².